The van der Waals surface area contributed by atoms with Gasteiger partial charge in [-0.1, -0.05) is 85.3 Å². The topological polar surface area (TPSA) is 86.8 Å². The molecule has 0 bridgehead atoms. The maximum atomic E-state index is 14.4. The lowest BCUT2D eigenvalue weighted by atomic mass is 10.0. The van der Waals surface area contributed by atoms with Gasteiger partial charge in [-0.15, -0.1) is 0 Å². The third-order valence-corrected chi connectivity index (χ3v) is 9.45. The van der Waals surface area contributed by atoms with Gasteiger partial charge in [-0.25, -0.2) is 12.8 Å². The molecule has 0 aromatic heterocycles. The number of halogens is 2. The molecule has 4 aromatic rings. The molecule has 0 aliphatic heterocycles. The van der Waals surface area contributed by atoms with Gasteiger partial charge in [-0.05, 0) is 66.9 Å². The molecule has 0 spiro atoms. The van der Waals surface area contributed by atoms with E-state index in [1.54, 1.807) is 54.6 Å². The highest BCUT2D eigenvalue weighted by Crippen LogP contribution is 2.26. The predicted molar refractivity (Wildman–Crippen MR) is 171 cm³/mol. The third kappa shape index (κ3) is 8.24. The Morgan fingerprint density at radius 2 is 1.45 bits per heavy atom. The summed E-state index contributed by atoms with van der Waals surface area (Å²) in [5.41, 5.74) is 1.67. The molecule has 230 valence electrons. The van der Waals surface area contributed by atoms with Crippen molar-refractivity contribution >= 4 is 39.1 Å². The fourth-order valence-corrected chi connectivity index (χ4v) is 6.27. The van der Waals surface area contributed by atoms with E-state index >= 15 is 0 Å². The number of nitrogens with zero attached hydrogens (tertiary/aromatic N) is 2. The van der Waals surface area contributed by atoms with Crippen molar-refractivity contribution in [2.24, 2.45) is 0 Å². The van der Waals surface area contributed by atoms with Crippen molar-refractivity contribution in [3.05, 3.63) is 131 Å². The van der Waals surface area contributed by atoms with Crippen LogP contribution in [0.15, 0.2) is 114 Å². The van der Waals surface area contributed by atoms with Crippen LogP contribution in [0.2, 0.25) is 5.02 Å². The van der Waals surface area contributed by atoms with Crippen LogP contribution in [-0.4, -0.2) is 43.8 Å². The first-order valence-corrected chi connectivity index (χ1v) is 16.1. The molecule has 4 rings (SSSR count). The summed E-state index contributed by atoms with van der Waals surface area (Å²) in [5.74, 6) is -1.57. The van der Waals surface area contributed by atoms with Gasteiger partial charge in [0.15, 0.2) is 0 Å². The molecule has 0 fully saturated rings. The van der Waals surface area contributed by atoms with E-state index in [-0.39, 0.29) is 35.5 Å². The van der Waals surface area contributed by atoms with Crippen molar-refractivity contribution < 1.29 is 22.4 Å². The Kier molecular flexibility index (Phi) is 11.1. The van der Waals surface area contributed by atoms with Crippen LogP contribution in [0, 0.1) is 5.82 Å². The molecule has 2 amide bonds. The molecule has 44 heavy (non-hydrogen) atoms. The Hall–Kier alpha value is -4.21. The zero-order chi connectivity index (χ0) is 31.7. The Labute approximate surface area is 263 Å². The van der Waals surface area contributed by atoms with Crippen LogP contribution in [0.25, 0.3) is 0 Å². The van der Waals surface area contributed by atoms with Crippen LogP contribution in [0.4, 0.5) is 10.1 Å². The second-order valence-corrected chi connectivity index (χ2v) is 12.7. The largest absolute Gasteiger partial charge is 0.352 e. The summed E-state index contributed by atoms with van der Waals surface area (Å²) in [6, 6.07) is 27.8. The molecule has 0 aliphatic rings. The maximum Gasteiger partial charge on any atom is 0.264 e. The molecule has 2 atom stereocenters. The van der Waals surface area contributed by atoms with Gasteiger partial charge in [-0.3, -0.25) is 13.9 Å². The predicted octanol–water partition coefficient (Wildman–Crippen LogP) is 6.23. The van der Waals surface area contributed by atoms with Crippen molar-refractivity contribution in [3.63, 3.8) is 0 Å². The van der Waals surface area contributed by atoms with Crippen LogP contribution < -0.4 is 9.62 Å². The molecule has 4 aromatic carbocycles. The second kappa shape index (κ2) is 15.0. The zero-order valence-electron chi connectivity index (χ0n) is 24.6. The standard InChI is InChI=1S/C34H35ClFN3O4S/c1-3-25(2)37-34(41)32(22-26-12-6-4-7-13-26)38(23-27-14-10-11-17-31(27)35)33(40)24-39(29-15-8-5-9-16-29)44(42,43)30-20-18-28(36)19-21-30/h4-21,25,32H,3,22-24H2,1-2H3,(H,37,41)/t25-,32+/m0/s1. The lowest BCUT2D eigenvalue weighted by molar-refractivity contribution is -0.140. The zero-order valence-corrected chi connectivity index (χ0v) is 26.1. The Morgan fingerprint density at radius 3 is 2.07 bits per heavy atom. The van der Waals surface area contributed by atoms with Crippen LogP contribution in [-0.2, 0) is 32.6 Å². The Balaban J connectivity index is 1.80. The van der Waals surface area contributed by atoms with E-state index in [1.165, 1.54) is 4.90 Å². The number of carbonyl (C=O) groups excluding carboxylic acids is 2. The third-order valence-electron chi connectivity index (χ3n) is 7.30. The van der Waals surface area contributed by atoms with Crippen LogP contribution in [0.3, 0.4) is 0 Å². The van der Waals surface area contributed by atoms with E-state index < -0.39 is 34.3 Å². The maximum absolute atomic E-state index is 14.4. The summed E-state index contributed by atoms with van der Waals surface area (Å²) in [6.07, 6.45) is 0.870. The van der Waals surface area contributed by atoms with E-state index in [0.717, 1.165) is 34.1 Å². The quantitative estimate of drug-likeness (QED) is 0.189. The highest BCUT2D eigenvalue weighted by molar-refractivity contribution is 7.92. The number of hydrogen-bond donors (Lipinski definition) is 1. The monoisotopic (exact) mass is 635 g/mol. The van der Waals surface area contributed by atoms with Gasteiger partial charge < -0.3 is 10.2 Å². The second-order valence-electron chi connectivity index (χ2n) is 10.4. The first-order valence-electron chi connectivity index (χ1n) is 14.3. The van der Waals surface area contributed by atoms with Gasteiger partial charge in [0.1, 0.15) is 18.4 Å². The molecule has 0 saturated carbocycles. The van der Waals surface area contributed by atoms with Crippen LogP contribution >= 0.6 is 11.6 Å². The minimum atomic E-state index is -4.32. The summed E-state index contributed by atoms with van der Waals surface area (Å²) in [7, 11) is -4.32. The molecule has 0 heterocycles. The number of carbonyl (C=O) groups is 2. The van der Waals surface area contributed by atoms with E-state index in [0.29, 0.717) is 17.0 Å². The molecule has 10 heteroatoms. The number of sulfonamides is 1. The first-order chi connectivity index (χ1) is 21.1. The average molecular weight is 636 g/mol. The van der Waals surface area contributed by atoms with Gasteiger partial charge >= 0.3 is 0 Å². The fraction of sp³-hybridized carbons (Fsp3) is 0.235. The van der Waals surface area contributed by atoms with E-state index in [2.05, 4.69) is 5.32 Å². The first kappa shape index (κ1) is 32.7. The van der Waals surface area contributed by atoms with Gasteiger partial charge in [0, 0.05) is 24.0 Å². The molecule has 0 unspecified atom stereocenters. The van der Waals surface area contributed by atoms with E-state index in [4.69, 9.17) is 11.6 Å². The van der Waals surface area contributed by atoms with Crippen LogP contribution in [0.1, 0.15) is 31.4 Å². The smallest absolute Gasteiger partial charge is 0.264 e. The molecule has 0 saturated heterocycles. The number of benzene rings is 4. The minimum Gasteiger partial charge on any atom is -0.352 e. The van der Waals surface area contributed by atoms with E-state index in [1.807, 2.05) is 44.2 Å². The van der Waals surface area contributed by atoms with E-state index in [9.17, 15) is 22.4 Å². The van der Waals surface area contributed by atoms with Gasteiger partial charge in [0.2, 0.25) is 11.8 Å². The van der Waals surface area contributed by atoms with Crippen molar-refractivity contribution in [2.75, 3.05) is 10.8 Å². The molecular formula is C34H35ClFN3O4S. The van der Waals surface area contributed by atoms with Gasteiger partial charge in [-0.2, -0.15) is 0 Å². The van der Waals surface area contributed by atoms with Crippen molar-refractivity contribution in [2.45, 2.75) is 50.2 Å². The molecule has 7 nitrogen and oxygen atoms in total. The lowest BCUT2D eigenvalue weighted by Crippen LogP contribution is -2.54. The molecule has 0 radical (unpaired) electrons. The number of rotatable bonds is 13. The summed E-state index contributed by atoms with van der Waals surface area (Å²) < 4.78 is 42.5. The highest BCUT2D eigenvalue weighted by atomic mass is 35.5. The van der Waals surface area contributed by atoms with Crippen molar-refractivity contribution in [1.29, 1.82) is 0 Å². The summed E-state index contributed by atoms with van der Waals surface area (Å²) in [6.45, 7) is 3.17. The number of anilines is 1. The number of nitrogens with one attached hydrogen (secondary N) is 1. The minimum absolute atomic E-state index is 0.0385. The van der Waals surface area contributed by atoms with Crippen LogP contribution in [0.5, 0.6) is 0 Å². The Bertz CT molecular complexity index is 1660. The van der Waals surface area contributed by atoms with Gasteiger partial charge in [0.25, 0.3) is 10.0 Å². The molecule has 0 aliphatic carbocycles. The van der Waals surface area contributed by atoms with Gasteiger partial charge in [0.05, 0.1) is 10.6 Å². The number of amides is 2. The molecule has 1 N–H and O–H groups in total. The average Bonchev–Trinajstić information content (AvgIpc) is 3.03. The SMILES string of the molecule is CC[C@H](C)NC(=O)[C@@H](Cc1ccccc1)N(Cc1ccccc1Cl)C(=O)CN(c1ccccc1)S(=O)(=O)c1ccc(F)cc1. The highest BCUT2D eigenvalue weighted by Gasteiger charge is 2.35. The van der Waals surface area contributed by atoms with Crippen molar-refractivity contribution in [1.82, 2.24) is 10.2 Å². The number of para-hydroxylation sites is 1. The van der Waals surface area contributed by atoms with Crippen molar-refractivity contribution in [3.8, 4) is 0 Å². The summed E-state index contributed by atoms with van der Waals surface area (Å²) >= 11 is 6.52. The lowest BCUT2D eigenvalue weighted by Gasteiger charge is -2.34. The normalized spacial score (nSPS) is 12.6. The fourth-order valence-electron chi connectivity index (χ4n) is 4.66. The molecular weight excluding hydrogens is 601 g/mol. The number of hydrogen-bond acceptors (Lipinski definition) is 4. The summed E-state index contributed by atoms with van der Waals surface area (Å²) in [4.78, 5) is 29.5. The Morgan fingerprint density at radius 1 is 0.864 bits per heavy atom. The summed E-state index contributed by atoms with van der Waals surface area (Å²) in [5, 5.41) is 3.41.